The summed E-state index contributed by atoms with van der Waals surface area (Å²) >= 11 is 0. The molecule has 0 bridgehead atoms. The van der Waals surface area contributed by atoms with Gasteiger partial charge in [-0.05, 0) is 18.2 Å². The van der Waals surface area contributed by atoms with Crippen LogP contribution in [0.2, 0.25) is 0 Å². The minimum Gasteiger partial charge on any atom is -0.465 e. The molecule has 0 aliphatic carbocycles. The van der Waals surface area contributed by atoms with Gasteiger partial charge in [0, 0.05) is 0 Å². The van der Waals surface area contributed by atoms with Crippen LogP contribution in [0.25, 0.3) is 0 Å². The van der Waals surface area contributed by atoms with Crippen LogP contribution in [0.3, 0.4) is 0 Å². The van der Waals surface area contributed by atoms with E-state index >= 15 is 0 Å². The molecule has 7 nitrogen and oxygen atoms in total. The molecule has 0 saturated carbocycles. The molecule has 9 heteroatoms. The quantitative estimate of drug-likeness (QED) is 0.150. The van der Waals surface area contributed by atoms with Gasteiger partial charge in [-0.1, -0.05) is 6.07 Å². The summed E-state index contributed by atoms with van der Waals surface area (Å²) in [6.45, 7) is 8.42. The van der Waals surface area contributed by atoms with Crippen molar-refractivity contribution in [1.29, 1.82) is 0 Å². The predicted molar refractivity (Wildman–Crippen MR) is 147 cm³/mol. The van der Waals surface area contributed by atoms with Gasteiger partial charge in [0.2, 0.25) is 0 Å². The molecule has 0 radical (unpaired) electrons. The first-order valence-corrected chi connectivity index (χ1v) is 17.8. The second kappa shape index (κ2) is 16.3. The van der Waals surface area contributed by atoms with Crippen molar-refractivity contribution in [3.8, 4) is 0 Å². The van der Waals surface area contributed by atoms with Crippen molar-refractivity contribution in [2.24, 2.45) is 0 Å². The molecule has 0 aliphatic heterocycles. The fourth-order valence-corrected chi connectivity index (χ4v) is 15.4. The smallest absolute Gasteiger partial charge is 0.337 e. The average Bonchev–Trinajstić information content (AvgIpc) is 2.86. The molecule has 1 aromatic rings. The maximum Gasteiger partial charge on any atom is 0.337 e. The van der Waals surface area contributed by atoms with Crippen molar-refractivity contribution >= 4 is 27.5 Å². The molecule has 1 aromatic carbocycles. The third-order valence-electron chi connectivity index (χ3n) is 6.67. The molecule has 35 heavy (non-hydrogen) atoms. The van der Waals surface area contributed by atoms with E-state index in [-0.39, 0.29) is 0 Å². The zero-order valence-corrected chi connectivity index (χ0v) is 24.3. The van der Waals surface area contributed by atoms with Gasteiger partial charge < -0.3 is 9.47 Å². The van der Waals surface area contributed by atoms with Gasteiger partial charge in [-0.3, -0.25) is 0 Å². The monoisotopic (exact) mass is 534 g/mol. The Bertz CT molecular complexity index is 809. The maximum absolute atomic E-state index is 12.6. The Morgan fingerprint density at radius 3 is 1.29 bits per heavy atom. The molecule has 0 saturated heterocycles. The standard InChI is InChI=1S/C16H37O3PS.C10H10O4/c1-5-9-13-20(14-10-6-2,15-11-7-3,16-12-8-4)21(17,18)19;1-13-9(11)7-4-3-5-8(6-7)10(12)14-2/h5-16H2,1-4H3,(H,17,18,19);3-6H,1-2H3. The van der Waals surface area contributed by atoms with E-state index in [0.29, 0.717) is 11.1 Å². The summed E-state index contributed by atoms with van der Waals surface area (Å²) in [6.07, 6.45) is 10.6. The van der Waals surface area contributed by atoms with Crippen LogP contribution in [0, 0.1) is 0 Å². The summed E-state index contributed by atoms with van der Waals surface area (Å²) in [5.74, 6) is -4.05. The van der Waals surface area contributed by atoms with Gasteiger partial charge >= 0.3 is 144 Å². The van der Waals surface area contributed by atoms with Crippen LogP contribution < -0.4 is 0 Å². The van der Waals surface area contributed by atoms with Crippen LogP contribution in [-0.2, 0) is 19.2 Å². The molecular formula is C26H47O7PS. The SMILES string of the molecule is CCCCP(CCCC)(CCCC)(CCCC)S(=O)(=O)O.COC(=O)c1cccc(C(=O)OC)c1. The zero-order chi connectivity index (χ0) is 27.0. The minimum atomic E-state index is -3.95. The van der Waals surface area contributed by atoms with E-state index in [1.54, 1.807) is 18.2 Å². The summed E-state index contributed by atoms with van der Waals surface area (Å²) in [4.78, 5) is 22.2. The Labute approximate surface area is 212 Å². The summed E-state index contributed by atoms with van der Waals surface area (Å²) in [5.41, 5.74) is 0.658. The number of carbonyl (C=O) groups excluding carboxylic acids is 2. The summed E-state index contributed by atoms with van der Waals surface area (Å²) in [7, 11) is -1.38. The fraction of sp³-hybridized carbons (Fsp3) is 0.692. The number of rotatable bonds is 15. The first kappa shape index (κ1) is 33.5. The van der Waals surface area contributed by atoms with Crippen LogP contribution in [0.1, 0.15) is 99.8 Å². The van der Waals surface area contributed by atoms with Crippen molar-refractivity contribution in [3.05, 3.63) is 35.4 Å². The van der Waals surface area contributed by atoms with Gasteiger partial charge in [0.05, 0.1) is 25.3 Å². The van der Waals surface area contributed by atoms with Gasteiger partial charge in [0.15, 0.2) is 0 Å². The molecule has 0 amide bonds. The molecule has 1 rings (SSSR count). The normalized spacial score (nSPS) is 12.6. The second-order valence-corrected chi connectivity index (χ2v) is 20.1. The maximum atomic E-state index is 12.6. The first-order valence-electron chi connectivity index (χ1n) is 12.7. The Balaban J connectivity index is 0.000000712. The molecule has 0 atom stereocenters. The van der Waals surface area contributed by atoms with Gasteiger partial charge in [-0.15, -0.1) is 0 Å². The van der Waals surface area contributed by atoms with E-state index in [1.165, 1.54) is 20.3 Å². The third kappa shape index (κ3) is 9.47. The number of esters is 2. The van der Waals surface area contributed by atoms with E-state index in [1.807, 2.05) is 0 Å². The number of ether oxygens (including phenoxy) is 2. The summed E-state index contributed by atoms with van der Waals surface area (Å²) in [5, 5.41) is 0. The van der Waals surface area contributed by atoms with Crippen LogP contribution in [0.5, 0.6) is 0 Å². The van der Waals surface area contributed by atoms with Crippen molar-refractivity contribution < 1.29 is 32.0 Å². The summed E-state index contributed by atoms with van der Waals surface area (Å²) in [6, 6.07) is 6.16. The van der Waals surface area contributed by atoms with Crippen LogP contribution in [-0.4, -0.2) is 63.8 Å². The van der Waals surface area contributed by atoms with E-state index < -0.39 is 27.5 Å². The molecule has 204 valence electrons. The molecular weight excluding hydrogens is 487 g/mol. The number of hydrogen-bond donors (Lipinski definition) is 1. The Kier molecular flexibility index (Phi) is 15.6. The largest absolute Gasteiger partial charge is 0.465 e. The fourth-order valence-electron chi connectivity index (χ4n) is 4.37. The molecule has 0 spiro atoms. The van der Waals surface area contributed by atoms with E-state index in [2.05, 4.69) is 37.2 Å². The van der Waals surface area contributed by atoms with Crippen LogP contribution in [0.4, 0.5) is 0 Å². The average molecular weight is 535 g/mol. The predicted octanol–water partition coefficient (Wildman–Crippen LogP) is 6.80. The van der Waals surface area contributed by atoms with Gasteiger partial charge in [-0.25, -0.2) is 9.59 Å². The van der Waals surface area contributed by atoms with E-state index in [0.717, 1.165) is 76.0 Å². The van der Waals surface area contributed by atoms with Crippen molar-refractivity contribution in [2.45, 2.75) is 79.1 Å². The Morgan fingerprint density at radius 1 is 0.743 bits per heavy atom. The minimum absolute atomic E-state index is 0.329. The first-order chi connectivity index (χ1) is 16.5. The topological polar surface area (TPSA) is 107 Å². The van der Waals surface area contributed by atoms with Crippen LogP contribution in [0.15, 0.2) is 24.3 Å². The van der Waals surface area contributed by atoms with Gasteiger partial charge in [0.1, 0.15) is 0 Å². The van der Waals surface area contributed by atoms with Gasteiger partial charge in [0.25, 0.3) is 0 Å². The molecule has 1 N–H and O–H groups in total. The number of unbranched alkanes of at least 4 members (excludes halogenated alkanes) is 4. The number of methoxy groups -OCH3 is 2. The van der Waals surface area contributed by atoms with Crippen molar-refractivity contribution in [1.82, 2.24) is 0 Å². The molecule has 0 fully saturated rings. The Hall–Kier alpha value is -1.50. The second-order valence-electron chi connectivity index (χ2n) is 9.18. The molecule has 0 heterocycles. The molecule has 0 aliphatic rings. The Morgan fingerprint density at radius 2 is 1.06 bits per heavy atom. The molecule has 0 aromatic heterocycles. The number of carbonyl (C=O) groups is 2. The number of benzene rings is 1. The van der Waals surface area contributed by atoms with E-state index in [4.69, 9.17) is 0 Å². The summed E-state index contributed by atoms with van der Waals surface area (Å²) < 4.78 is 44.6. The van der Waals surface area contributed by atoms with E-state index in [9.17, 15) is 22.6 Å². The number of hydrogen-bond acceptors (Lipinski definition) is 6. The van der Waals surface area contributed by atoms with Crippen LogP contribution >= 0.6 is 5.81 Å². The van der Waals surface area contributed by atoms with Crippen molar-refractivity contribution in [2.75, 3.05) is 38.9 Å². The van der Waals surface area contributed by atoms with Gasteiger partial charge in [-0.2, -0.15) is 0 Å². The van der Waals surface area contributed by atoms with Crippen molar-refractivity contribution in [3.63, 3.8) is 0 Å². The third-order valence-corrected chi connectivity index (χ3v) is 19.9. The zero-order valence-electron chi connectivity index (χ0n) is 22.5. The molecule has 0 unspecified atom stereocenters.